The third kappa shape index (κ3) is 3.01. The lowest BCUT2D eigenvalue weighted by Gasteiger charge is -2.63. The topological polar surface area (TPSA) is 15.7 Å². The molecule has 0 aromatic heterocycles. The smallest absolute Gasteiger partial charge is 0.0997 e. The van der Waals surface area contributed by atoms with Gasteiger partial charge in [-0.15, -0.1) is 0 Å². The van der Waals surface area contributed by atoms with Crippen LogP contribution in [-0.2, 0) is 4.74 Å². The fraction of sp³-hybridized carbons (Fsp3) is 1.00. The van der Waals surface area contributed by atoms with E-state index in [0.717, 1.165) is 6.73 Å². The molecule has 0 radical (unpaired) electrons. The van der Waals surface area contributed by atoms with Crippen LogP contribution in [0.15, 0.2) is 0 Å². The molecule has 2 aliphatic rings. The summed E-state index contributed by atoms with van der Waals surface area (Å²) in [6.07, 6.45) is 0. The summed E-state index contributed by atoms with van der Waals surface area (Å²) in [6.45, 7) is 19.0. The van der Waals surface area contributed by atoms with Gasteiger partial charge in [0, 0.05) is 37.1 Å². The van der Waals surface area contributed by atoms with Crippen LogP contribution in [-0.4, -0.2) is 53.8 Å². The lowest BCUT2D eigenvalue weighted by atomic mass is 9.71. The minimum atomic E-state index is -0.0141. The molecule has 0 atom stereocenters. The molecule has 0 saturated carbocycles. The highest BCUT2D eigenvalue weighted by Crippen LogP contribution is 2.42. The van der Waals surface area contributed by atoms with Crippen LogP contribution in [0.2, 0.25) is 0 Å². The van der Waals surface area contributed by atoms with Crippen LogP contribution >= 0.6 is 0 Å². The van der Waals surface area contributed by atoms with Gasteiger partial charge in [-0.1, -0.05) is 0 Å². The van der Waals surface area contributed by atoms with Crippen molar-refractivity contribution in [2.45, 2.75) is 52.7 Å². The van der Waals surface area contributed by atoms with Crippen molar-refractivity contribution in [1.29, 1.82) is 0 Å². The highest BCUT2D eigenvalue weighted by molar-refractivity contribution is 5.07. The Balaban J connectivity index is 1.68. The highest BCUT2D eigenvalue weighted by Gasteiger charge is 2.53. The van der Waals surface area contributed by atoms with Gasteiger partial charge in [0.05, 0.1) is 12.3 Å². The summed E-state index contributed by atoms with van der Waals surface area (Å²) in [7, 11) is 0. The molecule has 0 bridgehead atoms. The van der Waals surface area contributed by atoms with Gasteiger partial charge in [-0.2, -0.15) is 0 Å². The summed E-state index contributed by atoms with van der Waals surface area (Å²) in [6, 6.07) is 0. The second kappa shape index (κ2) is 3.94. The summed E-state index contributed by atoms with van der Waals surface area (Å²) < 4.78 is 5.80. The van der Waals surface area contributed by atoms with Gasteiger partial charge in [0.2, 0.25) is 0 Å². The maximum atomic E-state index is 5.80. The first-order valence-electron chi connectivity index (χ1n) is 6.71. The molecule has 2 saturated heterocycles. The summed E-state index contributed by atoms with van der Waals surface area (Å²) >= 11 is 0. The minimum absolute atomic E-state index is 0.0141. The largest absolute Gasteiger partial charge is 0.360 e. The molecule has 2 fully saturated rings. The van der Waals surface area contributed by atoms with E-state index in [1.165, 1.54) is 26.2 Å². The second-order valence-electron chi connectivity index (χ2n) is 7.90. The summed E-state index contributed by atoms with van der Waals surface area (Å²) in [5, 5.41) is 0. The molecule has 2 rings (SSSR count). The molecule has 100 valence electrons. The quantitative estimate of drug-likeness (QED) is 0.736. The molecular weight excluding hydrogens is 212 g/mol. The number of nitrogens with zero attached hydrogens (tertiary/aromatic N) is 2. The SMILES string of the molecule is CC(C)(C)OCN1CC2(C1)CN(C(C)(C)C)C2. The van der Waals surface area contributed by atoms with Gasteiger partial charge in [0.15, 0.2) is 0 Å². The molecule has 2 aliphatic heterocycles. The van der Waals surface area contributed by atoms with Gasteiger partial charge in [0.25, 0.3) is 0 Å². The zero-order valence-electron chi connectivity index (χ0n) is 12.3. The van der Waals surface area contributed by atoms with Gasteiger partial charge in [-0.05, 0) is 41.5 Å². The van der Waals surface area contributed by atoms with E-state index in [9.17, 15) is 0 Å². The average Bonchev–Trinajstić information content (AvgIpc) is 1.92. The number of ether oxygens (including phenoxy) is 1. The molecule has 2 heterocycles. The Labute approximate surface area is 106 Å². The molecule has 17 heavy (non-hydrogen) atoms. The summed E-state index contributed by atoms with van der Waals surface area (Å²) in [5.74, 6) is 0. The number of rotatable bonds is 2. The van der Waals surface area contributed by atoms with Gasteiger partial charge in [0.1, 0.15) is 0 Å². The zero-order valence-corrected chi connectivity index (χ0v) is 12.3. The fourth-order valence-corrected chi connectivity index (χ4v) is 2.72. The predicted octanol–water partition coefficient (Wildman–Crippen LogP) is 2.18. The van der Waals surface area contributed by atoms with E-state index in [-0.39, 0.29) is 5.60 Å². The minimum Gasteiger partial charge on any atom is -0.360 e. The van der Waals surface area contributed by atoms with Crippen molar-refractivity contribution in [2.75, 3.05) is 32.9 Å². The van der Waals surface area contributed by atoms with Crippen LogP contribution in [0.5, 0.6) is 0 Å². The van der Waals surface area contributed by atoms with E-state index >= 15 is 0 Å². The number of likely N-dealkylation sites (tertiary alicyclic amines) is 2. The molecule has 1 spiro atoms. The Morgan fingerprint density at radius 1 is 0.941 bits per heavy atom. The van der Waals surface area contributed by atoms with Crippen LogP contribution in [0.1, 0.15) is 41.5 Å². The van der Waals surface area contributed by atoms with Crippen molar-refractivity contribution in [1.82, 2.24) is 9.80 Å². The first-order valence-corrected chi connectivity index (χ1v) is 6.71. The van der Waals surface area contributed by atoms with Crippen molar-refractivity contribution in [3.63, 3.8) is 0 Å². The van der Waals surface area contributed by atoms with E-state index in [4.69, 9.17) is 4.74 Å². The molecule has 0 aliphatic carbocycles. The molecule has 0 aromatic carbocycles. The molecule has 0 amide bonds. The van der Waals surface area contributed by atoms with Crippen LogP contribution in [0.25, 0.3) is 0 Å². The second-order valence-corrected chi connectivity index (χ2v) is 7.90. The van der Waals surface area contributed by atoms with Crippen molar-refractivity contribution >= 4 is 0 Å². The fourth-order valence-electron chi connectivity index (χ4n) is 2.72. The molecule has 0 unspecified atom stereocenters. The Bertz CT molecular complexity index is 274. The van der Waals surface area contributed by atoms with E-state index in [2.05, 4.69) is 51.3 Å². The maximum Gasteiger partial charge on any atom is 0.0997 e. The Morgan fingerprint density at radius 2 is 1.47 bits per heavy atom. The Hall–Kier alpha value is -0.120. The van der Waals surface area contributed by atoms with E-state index < -0.39 is 0 Å². The maximum absolute atomic E-state index is 5.80. The van der Waals surface area contributed by atoms with Crippen LogP contribution in [0.4, 0.5) is 0 Å². The summed E-state index contributed by atoms with van der Waals surface area (Å²) in [4.78, 5) is 5.00. The third-order valence-electron chi connectivity index (χ3n) is 3.80. The zero-order chi connectivity index (χ0) is 12.9. The number of hydrogen-bond acceptors (Lipinski definition) is 3. The van der Waals surface area contributed by atoms with E-state index in [1.54, 1.807) is 0 Å². The average molecular weight is 240 g/mol. The molecule has 3 heteroatoms. The van der Waals surface area contributed by atoms with Gasteiger partial charge in [-0.25, -0.2) is 0 Å². The molecule has 3 nitrogen and oxygen atoms in total. The van der Waals surface area contributed by atoms with Gasteiger partial charge < -0.3 is 4.74 Å². The monoisotopic (exact) mass is 240 g/mol. The first-order chi connectivity index (χ1) is 7.60. The third-order valence-corrected chi connectivity index (χ3v) is 3.80. The van der Waals surface area contributed by atoms with E-state index in [1.807, 2.05) is 0 Å². The Kier molecular flexibility index (Phi) is 3.08. The summed E-state index contributed by atoms with van der Waals surface area (Å²) in [5.41, 5.74) is 0.919. The van der Waals surface area contributed by atoms with Crippen molar-refractivity contribution in [2.24, 2.45) is 5.41 Å². The molecular formula is C14H28N2O. The van der Waals surface area contributed by atoms with Crippen LogP contribution in [0.3, 0.4) is 0 Å². The van der Waals surface area contributed by atoms with Crippen LogP contribution < -0.4 is 0 Å². The van der Waals surface area contributed by atoms with Crippen LogP contribution in [0, 0.1) is 5.41 Å². The van der Waals surface area contributed by atoms with Crippen molar-refractivity contribution in [3.8, 4) is 0 Å². The van der Waals surface area contributed by atoms with Gasteiger partial charge in [-0.3, -0.25) is 9.80 Å². The Morgan fingerprint density at radius 3 is 1.88 bits per heavy atom. The lowest BCUT2D eigenvalue weighted by molar-refractivity contribution is -0.184. The standard InChI is InChI=1S/C14H28N2O/c1-12(2,3)16-9-14(10-16)7-15(8-14)11-17-13(4,5)6/h7-11H2,1-6H3. The highest BCUT2D eigenvalue weighted by atomic mass is 16.5. The lowest BCUT2D eigenvalue weighted by Crippen LogP contribution is -2.74. The first kappa shape index (κ1) is 13.3. The molecule has 0 aromatic rings. The molecule has 0 N–H and O–H groups in total. The van der Waals surface area contributed by atoms with Gasteiger partial charge >= 0.3 is 0 Å². The van der Waals surface area contributed by atoms with E-state index in [0.29, 0.717) is 11.0 Å². The predicted molar refractivity (Wildman–Crippen MR) is 71.0 cm³/mol. The van der Waals surface area contributed by atoms with Crippen molar-refractivity contribution in [3.05, 3.63) is 0 Å². The van der Waals surface area contributed by atoms with Crippen molar-refractivity contribution < 1.29 is 4.74 Å². The normalized spacial score (nSPS) is 25.8. The number of hydrogen-bond donors (Lipinski definition) is 0.